The van der Waals surface area contributed by atoms with Crippen LogP contribution in [-0.4, -0.2) is 44.8 Å². The summed E-state index contributed by atoms with van der Waals surface area (Å²) in [6.45, 7) is 2.36. The maximum atomic E-state index is 12.1. The van der Waals surface area contributed by atoms with Crippen molar-refractivity contribution in [3.8, 4) is 5.75 Å². The van der Waals surface area contributed by atoms with Crippen LogP contribution < -0.4 is 10.1 Å². The number of methoxy groups -OCH3 is 2. The summed E-state index contributed by atoms with van der Waals surface area (Å²) < 4.78 is 10.3. The number of urea groups is 1. The molecule has 1 aromatic rings. The lowest BCUT2D eigenvalue weighted by atomic mass is 9.98. The topological polar surface area (TPSA) is 50.8 Å². The van der Waals surface area contributed by atoms with Gasteiger partial charge in [-0.3, -0.25) is 0 Å². The number of rotatable bonds is 4. The van der Waals surface area contributed by atoms with Gasteiger partial charge in [-0.15, -0.1) is 0 Å². The molecule has 0 saturated carbocycles. The van der Waals surface area contributed by atoms with Gasteiger partial charge in [-0.1, -0.05) is 0 Å². The Morgan fingerprint density at radius 1 is 1.25 bits per heavy atom. The first kappa shape index (κ1) is 14.7. The van der Waals surface area contributed by atoms with E-state index < -0.39 is 0 Å². The number of nitrogens with one attached hydrogen (secondary N) is 1. The third-order valence-electron chi connectivity index (χ3n) is 3.65. The monoisotopic (exact) mass is 278 g/mol. The molecule has 5 heteroatoms. The van der Waals surface area contributed by atoms with Gasteiger partial charge in [-0.25, -0.2) is 4.79 Å². The predicted molar refractivity (Wildman–Crippen MR) is 78.2 cm³/mol. The van der Waals surface area contributed by atoms with Crippen molar-refractivity contribution in [1.82, 2.24) is 4.90 Å². The summed E-state index contributed by atoms with van der Waals surface area (Å²) in [7, 11) is 3.35. The second-order valence-corrected chi connectivity index (χ2v) is 5.04. The first-order valence-corrected chi connectivity index (χ1v) is 6.92. The third kappa shape index (κ3) is 3.87. The van der Waals surface area contributed by atoms with Crippen LogP contribution in [0.5, 0.6) is 5.75 Å². The van der Waals surface area contributed by atoms with Gasteiger partial charge < -0.3 is 19.7 Å². The molecule has 20 heavy (non-hydrogen) atoms. The number of benzene rings is 1. The highest BCUT2D eigenvalue weighted by Gasteiger charge is 2.22. The van der Waals surface area contributed by atoms with E-state index in [2.05, 4.69) is 5.32 Å². The number of hydrogen-bond acceptors (Lipinski definition) is 3. The Hall–Kier alpha value is -1.75. The summed E-state index contributed by atoms with van der Waals surface area (Å²) in [5.74, 6) is 1.36. The van der Waals surface area contributed by atoms with Crippen LogP contribution in [0.1, 0.15) is 12.8 Å². The zero-order valence-corrected chi connectivity index (χ0v) is 12.1. The zero-order valence-electron chi connectivity index (χ0n) is 12.1. The fourth-order valence-electron chi connectivity index (χ4n) is 2.42. The molecule has 110 valence electrons. The van der Waals surface area contributed by atoms with Gasteiger partial charge in [0.1, 0.15) is 5.75 Å². The Bertz CT molecular complexity index is 425. The van der Waals surface area contributed by atoms with Crippen molar-refractivity contribution in [1.29, 1.82) is 0 Å². The number of anilines is 1. The molecule has 1 aromatic carbocycles. The minimum Gasteiger partial charge on any atom is -0.497 e. The maximum Gasteiger partial charge on any atom is 0.321 e. The van der Waals surface area contributed by atoms with Gasteiger partial charge in [0, 0.05) is 32.5 Å². The Balaban J connectivity index is 1.83. The minimum atomic E-state index is -0.0361. The van der Waals surface area contributed by atoms with E-state index in [4.69, 9.17) is 9.47 Å². The van der Waals surface area contributed by atoms with Gasteiger partial charge in [-0.2, -0.15) is 0 Å². The van der Waals surface area contributed by atoms with Crippen LogP contribution in [0.25, 0.3) is 0 Å². The summed E-state index contributed by atoms with van der Waals surface area (Å²) in [6, 6.07) is 7.31. The van der Waals surface area contributed by atoms with Crippen LogP contribution in [0.15, 0.2) is 24.3 Å². The molecular formula is C15H22N2O3. The molecule has 1 fully saturated rings. The molecule has 2 amide bonds. The average molecular weight is 278 g/mol. The van der Waals surface area contributed by atoms with E-state index in [1.165, 1.54) is 0 Å². The Morgan fingerprint density at radius 2 is 1.90 bits per heavy atom. The van der Waals surface area contributed by atoms with Crippen LogP contribution >= 0.6 is 0 Å². The predicted octanol–water partition coefficient (Wildman–Crippen LogP) is 2.59. The fraction of sp³-hybridized carbons (Fsp3) is 0.533. The van der Waals surface area contributed by atoms with Gasteiger partial charge >= 0.3 is 6.03 Å². The quantitative estimate of drug-likeness (QED) is 0.921. The average Bonchev–Trinajstić information content (AvgIpc) is 2.49. The standard InChI is InChI=1S/C15H22N2O3/c1-19-11-12-7-9-17(10-8-12)15(18)16-13-3-5-14(20-2)6-4-13/h3-6,12H,7-11H2,1-2H3,(H,16,18). The van der Waals surface area contributed by atoms with Crippen molar-refractivity contribution in [2.24, 2.45) is 5.92 Å². The van der Waals surface area contributed by atoms with Crippen molar-refractivity contribution in [2.75, 3.05) is 39.2 Å². The Morgan fingerprint density at radius 3 is 2.45 bits per heavy atom. The van der Waals surface area contributed by atoms with E-state index in [0.717, 1.165) is 44.0 Å². The summed E-state index contributed by atoms with van der Waals surface area (Å²) >= 11 is 0. The number of amides is 2. The summed E-state index contributed by atoms with van der Waals surface area (Å²) in [6.07, 6.45) is 2.01. The molecule has 1 saturated heterocycles. The SMILES string of the molecule is COCC1CCN(C(=O)Nc2ccc(OC)cc2)CC1. The highest BCUT2D eigenvalue weighted by Crippen LogP contribution is 2.19. The summed E-state index contributed by atoms with van der Waals surface area (Å²) in [5.41, 5.74) is 0.787. The van der Waals surface area contributed by atoms with Gasteiger partial charge in [0.2, 0.25) is 0 Å². The molecule has 1 N–H and O–H groups in total. The molecule has 0 atom stereocenters. The molecule has 0 unspecified atom stereocenters. The highest BCUT2D eigenvalue weighted by molar-refractivity contribution is 5.89. The van der Waals surface area contributed by atoms with E-state index in [0.29, 0.717) is 5.92 Å². The van der Waals surface area contributed by atoms with Crippen molar-refractivity contribution in [2.45, 2.75) is 12.8 Å². The number of likely N-dealkylation sites (tertiary alicyclic amines) is 1. The first-order valence-electron chi connectivity index (χ1n) is 6.92. The van der Waals surface area contributed by atoms with Gasteiger partial charge in [-0.05, 0) is 43.0 Å². The number of carbonyl (C=O) groups excluding carboxylic acids is 1. The minimum absolute atomic E-state index is 0.0361. The van der Waals surface area contributed by atoms with Crippen molar-refractivity contribution >= 4 is 11.7 Å². The van der Waals surface area contributed by atoms with Gasteiger partial charge in [0.05, 0.1) is 7.11 Å². The normalized spacial score (nSPS) is 16.0. The first-order chi connectivity index (χ1) is 9.72. The molecule has 2 rings (SSSR count). The molecule has 1 aliphatic rings. The Kier molecular flexibility index (Phi) is 5.24. The second-order valence-electron chi connectivity index (χ2n) is 5.04. The van der Waals surface area contributed by atoms with Gasteiger partial charge in [0.25, 0.3) is 0 Å². The Labute approximate surface area is 119 Å². The summed E-state index contributed by atoms with van der Waals surface area (Å²) in [4.78, 5) is 14.0. The van der Waals surface area contributed by atoms with Crippen LogP contribution in [0.2, 0.25) is 0 Å². The molecule has 1 heterocycles. The molecule has 0 spiro atoms. The van der Waals surface area contributed by atoms with Crippen molar-refractivity contribution < 1.29 is 14.3 Å². The highest BCUT2D eigenvalue weighted by atomic mass is 16.5. The van der Waals surface area contributed by atoms with Crippen molar-refractivity contribution in [3.05, 3.63) is 24.3 Å². The lowest BCUT2D eigenvalue weighted by molar-refractivity contribution is 0.110. The van der Waals surface area contributed by atoms with Crippen molar-refractivity contribution in [3.63, 3.8) is 0 Å². The zero-order chi connectivity index (χ0) is 14.4. The molecular weight excluding hydrogens is 256 g/mol. The lowest BCUT2D eigenvalue weighted by Gasteiger charge is -2.31. The number of carbonyl (C=O) groups is 1. The lowest BCUT2D eigenvalue weighted by Crippen LogP contribution is -2.41. The summed E-state index contributed by atoms with van der Waals surface area (Å²) in [5, 5.41) is 2.91. The van der Waals surface area contributed by atoms with Crippen LogP contribution in [-0.2, 0) is 4.74 Å². The molecule has 0 bridgehead atoms. The number of hydrogen-bond donors (Lipinski definition) is 1. The molecule has 0 aliphatic carbocycles. The molecule has 1 aliphatic heterocycles. The maximum absolute atomic E-state index is 12.1. The van der Waals surface area contributed by atoms with E-state index in [9.17, 15) is 4.79 Å². The molecule has 0 aromatic heterocycles. The van der Waals surface area contributed by atoms with E-state index >= 15 is 0 Å². The van der Waals surface area contributed by atoms with E-state index in [1.807, 2.05) is 29.2 Å². The van der Waals surface area contributed by atoms with Crippen LogP contribution in [0, 0.1) is 5.92 Å². The molecule has 5 nitrogen and oxygen atoms in total. The van der Waals surface area contributed by atoms with E-state index in [-0.39, 0.29) is 6.03 Å². The van der Waals surface area contributed by atoms with Crippen LogP contribution in [0.3, 0.4) is 0 Å². The van der Waals surface area contributed by atoms with Gasteiger partial charge in [0.15, 0.2) is 0 Å². The van der Waals surface area contributed by atoms with Crippen LogP contribution in [0.4, 0.5) is 10.5 Å². The largest absolute Gasteiger partial charge is 0.497 e. The smallest absolute Gasteiger partial charge is 0.321 e. The third-order valence-corrected chi connectivity index (χ3v) is 3.65. The second kappa shape index (κ2) is 7.14. The molecule has 0 radical (unpaired) electrons. The number of piperidine rings is 1. The number of ether oxygens (including phenoxy) is 2. The number of nitrogens with zero attached hydrogens (tertiary/aromatic N) is 1. The van der Waals surface area contributed by atoms with E-state index in [1.54, 1.807) is 14.2 Å². The fourth-order valence-corrected chi connectivity index (χ4v) is 2.42.